The second-order valence-electron chi connectivity index (χ2n) is 4.33. The van der Waals surface area contributed by atoms with Crippen molar-refractivity contribution in [3.05, 3.63) is 54.1 Å². The van der Waals surface area contributed by atoms with E-state index in [1.165, 1.54) is 15.4 Å². The van der Waals surface area contributed by atoms with Crippen LogP contribution in [-0.4, -0.2) is 7.11 Å². The fourth-order valence-electron chi connectivity index (χ4n) is 1.87. The van der Waals surface area contributed by atoms with Crippen molar-refractivity contribution >= 4 is 11.8 Å². The monoisotopic (exact) mass is 273 g/mol. The first-order valence-corrected chi connectivity index (χ1v) is 7.22. The van der Waals surface area contributed by atoms with Crippen LogP contribution in [-0.2, 0) is 0 Å². The van der Waals surface area contributed by atoms with Crippen LogP contribution in [0, 0.1) is 0 Å². The lowest BCUT2D eigenvalue weighted by molar-refractivity contribution is 0.414. The minimum Gasteiger partial charge on any atom is -0.497 e. The lowest BCUT2D eigenvalue weighted by Crippen LogP contribution is -2.09. The Morgan fingerprint density at radius 2 is 1.79 bits per heavy atom. The van der Waals surface area contributed by atoms with Crippen molar-refractivity contribution in [1.82, 2.24) is 0 Å². The lowest BCUT2D eigenvalue weighted by Gasteiger charge is -2.14. The smallest absolute Gasteiger partial charge is 0.118 e. The van der Waals surface area contributed by atoms with E-state index in [2.05, 4.69) is 37.3 Å². The molecule has 3 heteroatoms. The van der Waals surface area contributed by atoms with E-state index in [4.69, 9.17) is 10.5 Å². The molecule has 0 bridgehead atoms. The molecule has 2 nitrogen and oxygen atoms in total. The summed E-state index contributed by atoms with van der Waals surface area (Å²) in [6.07, 6.45) is 0.945. The molecule has 0 unspecified atom stereocenters. The third kappa shape index (κ3) is 3.52. The van der Waals surface area contributed by atoms with Crippen LogP contribution in [0.1, 0.15) is 24.9 Å². The fourth-order valence-corrected chi connectivity index (χ4v) is 2.88. The Labute approximate surface area is 119 Å². The van der Waals surface area contributed by atoms with E-state index in [0.717, 1.165) is 12.2 Å². The third-order valence-corrected chi connectivity index (χ3v) is 4.15. The summed E-state index contributed by atoms with van der Waals surface area (Å²) in [6.45, 7) is 2.11. The zero-order valence-electron chi connectivity index (χ0n) is 11.3. The number of nitrogens with two attached hydrogens (primary N) is 1. The number of benzene rings is 2. The van der Waals surface area contributed by atoms with Crippen molar-refractivity contribution < 1.29 is 4.74 Å². The molecule has 0 heterocycles. The molecule has 0 saturated carbocycles. The number of methoxy groups -OCH3 is 1. The number of ether oxygens (including phenoxy) is 1. The van der Waals surface area contributed by atoms with Gasteiger partial charge in [-0.05, 0) is 42.3 Å². The van der Waals surface area contributed by atoms with E-state index in [9.17, 15) is 0 Å². The van der Waals surface area contributed by atoms with Crippen molar-refractivity contribution in [2.75, 3.05) is 7.11 Å². The van der Waals surface area contributed by atoms with Gasteiger partial charge in [0, 0.05) is 15.8 Å². The summed E-state index contributed by atoms with van der Waals surface area (Å²) in [6, 6.07) is 16.5. The maximum absolute atomic E-state index is 6.16. The molecule has 0 spiro atoms. The normalized spacial score (nSPS) is 12.2. The molecule has 2 N–H and O–H groups in total. The van der Waals surface area contributed by atoms with Crippen LogP contribution in [0.5, 0.6) is 5.75 Å². The van der Waals surface area contributed by atoms with Gasteiger partial charge in [0.05, 0.1) is 7.11 Å². The number of hydrogen-bond acceptors (Lipinski definition) is 3. The Hall–Kier alpha value is -1.45. The largest absolute Gasteiger partial charge is 0.497 e. The first-order chi connectivity index (χ1) is 9.24. The quantitative estimate of drug-likeness (QED) is 0.884. The van der Waals surface area contributed by atoms with Crippen LogP contribution in [0.25, 0.3) is 0 Å². The molecule has 100 valence electrons. The predicted octanol–water partition coefficient (Wildman–Crippen LogP) is 4.26. The Morgan fingerprint density at radius 3 is 2.42 bits per heavy atom. The second-order valence-corrected chi connectivity index (χ2v) is 5.45. The summed E-state index contributed by atoms with van der Waals surface area (Å²) in [7, 11) is 1.68. The molecule has 0 amide bonds. The first-order valence-electron chi connectivity index (χ1n) is 6.41. The van der Waals surface area contributed by atoms with Gasteiger partial charge in [-0.3, -0.25) is 0 Å². The molecule has 0 fully saturated rings. The highest BCUT2D eigenvalue weighted by Gasteiger charge is 2.09. The molecule has 2 aromatic carbocycles. The topological polar surface area (TPSA) is 35.2 Å². The van der Waals surface area contributed by atoms with Crippen molar-refractivity contribution in [3.63, 3.8) is 0 Å². The molecule has 0 aromatic heterocycles. The molecular weight excluding hydrogens is 254 g/mol. The van der Waals surface area contributed by atoms with E-state index < -0.39 is 0 Å². The zero-order chi connectivity index (χ0) is 13.7. The standard InChI is InChI=1S/C16H19NOS/c1-3-15(17)14-6-4-5-7-16(14)19-13-10-8-12(18-2)9-11-13/h4-11,15H,3,17H2,1-2H3/t15-/m0/s1. The Kier molecular flexibility index (Phi) is 4.88. The summed E-state index contributed by atoms with van der Waals surface area (Å²) >= 11 is 1.74. The van der Waals surface area contributed by atoms with Crippen molar-refractivity contribution in [2.24, 2.45) is 5.73 Å². The Bertz CT molecular complexity index is 525. The van der Waals surface area contributed by atoms with Crippen LogP contribution in [0.4, 0.5) is 0 Å². The second kappa shape index (κ2) is 6.64. The zero-order valence-corrected chi connectivity index (χ0v) is 12.1. The molecule has 1 atom stereocenters. The fraction of sp³-hybridized carbons (Fsp3) is 0.250. The highest BCUT2D eigenvalue weighted by molar-refractivity contribution is 7.99. The van der Waals surface area contributed by atoms with E-state index >= 15 is 0 Å². The van der Waals surface area contributed by atoms with Gasteiger partial charge in [-0.2, -0.15) is 0 Å². The summed E-state index contributed by atoms with van der Waals surface area (Å²) in [5, 5.41) is 0. The van der Waals surface area contributed by atoms with Gasteiger partial charge in [-0.25, -0.2) is 0 Å². The van der Waals surface area contributed by atoms with E-state index in [-0.39, 0.29) is 6.04 Å². The van der Waals surface area contributed by atoms with Crippen LogP contribution in [0.2, 0.25) is 0 Å². The Morgan fingerprint density at radius 1 is 1.11 bits per heavy atom. The SMILES string of the molecule is CC[C@H](N)c1ccccc1Sc1ccc(OC)cc1. The average Bonchev–Trinajstić information content (AvgIpc) is 2.48. The van der Waals surface area contributed by atoms with E-state index in [1.54, 1.807) is 18.9 Å². The van der Waals surface area contributed by atoms with Crippen LogP contribution < -0.4 is 10.5 Å². The lowest BCUT2D eigenvalue weighted by atomic mass is 10.1. The molecule has 0 aliphatic carbocycles. The van der Waals surface area contributed by atoms with Gasteiger partial charge in [-0.15, -0.1) is 0 Å². The van der Waals surface area contributed by atoms with Gasteiger partial charge < -0.3 is 10.5 Å². The van der Waals surface area contributed by atoms with Crippen LogP contribution in [0.3, 0.4) is 0 Å². The molecule has 0 aliphatic rings. The summed E-state index contributed by atoms with van der Waals surface area (Å²) < 4.78 is 5.17. The summed E-state index contributed by atoms with van der Waals surface area (Å²) in [4.78, 5) is 2.42. The molecular formula is C16H19NOS. The minimum absolute atomic E-state index is 0.0990. The maximum atomic E-state index is 6.16. The van der Waals surface area contributed by atoms with Crippen molar-refractivity contribution in [1.29, 1.82) is 0 Å². The molecule has 0 saturated heterocycles. The third-order valence-electron chi connectivity index (χ3n) is 3.05. The van der Waals surface area contributed by atoms with Crippen LogP contribution in [0.15, 0.2) is 58.3 Å². The predicted molar refractivity (Wildman–Crippen MR) is 80.8 cm³/mol. The maximum Gasteiger partial charge on any atom is 0.118 e. The van der Waals surface area contributed by atoms with Crippen molar-refractivity contribution in [2.45, 2.75) is 29.2 Å². The molecule has 2 rings (SSSR count). The first kappa shape index (κ1) is 14.0. The van der Waals surface area contributed by atoms with Gasteiger partial charge in [-0.1, -0.05) is 36.9 Å². The Balaban J connectivity index is 2.22. The highest BCUT2D eigenvalue weighted by atomic mass is 32.2. The molecule has 2 aromatic rings. The number of hydrogen-bond donors (Lipinski definition) is 1. The summed E-state index contributed by atoms with van der Waals surface area (Å²) in [5.74, 6) is 0.878. The highest BCUT2D eigenvalue weighted by Crippen LogP contribution is 2.34. The number of rotatable bonds is 5. The summed E-state index contributed by atoms with van der Waals surface area (Å²) in [5.41, 5.74) is 7.37. The van der Waals surface area contributed by atoms with E-state index in [0.29, 0.717) is 0 Å². The van der Waals surface area contributed by atoms with Gasteiger partial charge in [0.25, 0.3) is 0 Å². The van der Waals surface area contributed by atoms with Gasteiger partial charge in [0.15, 0.2) is 0 Å². The average molecular weight is 273 g/mol. The minimum atomic E-state index is 0.0990. The van der Waals surface area contributed by atoms with Crippen molar-refractivity contribution in [3.8, 4) is 5.75 Å². The molecule has 0 radical (unpaired) electrons. The van der Waals surface area contributed by atoms with Gasteiger partial charge >= 0.3 is 0 Å². The molecule has 19 heavy (non-hydrogen) atoms. The van der Waals surface area contributed by atoms with Gasteiger partial charge in [0.1, 0.15) is 5.75 Å². The van der Waals surface area contributed by atoms with Crippen LogP contribution >= 0.6 is 11.8 Å². The molecule has 0 aliphatic heterocycles. The van der Waals surface area contributed by atoms with Gasteiger partial charge in [0.2, 0.25) is 0 Å². The van der Waals surface area contributed by atoms with E-state index in [1.807, 2.05) is 18.2 Å².